The van der Waals surface area contributed by atoms with Crippen LogP contribution in [0.5, 0.6) is 0 Å². The third kappa shape index (κ3) is 9.67. The topological polar surface area (TPSA) is 12.4 Å². The standard InChI is InChI=1S/C10H21N/c1-3-4-5-6-7-8-9-10-11-2/h2-10H2,1H3. The Balaban J connectivity index is 2.74. The van der Waals surface area contributed by atoms with E-state index in [2.05, 4.69) is 18.6 Å². The molecule has 0 aromatic carbocycles. The smallest absolute Gasteiger partial charge is 0.0382 e. The highest BCUT2D eigenvalue weighted by Gasteiger charge is 1.88. The van der Waals surface area contributed by atoms with Crippen LogP contribution in [0, 0.1) is 0 Å². The van der Waals surface area contributed by atoms with Crippen molar-refractivity contribution in [2.75, 3.05) is 6.54 Å². The van der Waals surface area contributed by atoms with Crippen molar-refractivity contribution < 1.29 is 0 Å². The van der Waals surface area contributed by atoms with E-state index in [-0.39, 0.29) is 0 Å². The maximum atomic E-state index is 3.82. The average Bonchev–Trinajstić information content (AvgIpc) is 2.03. The van der Waals surface area contributed by atoms with Crippen LogP contribution in [0.1, 0.15) is 51.9 Å². The summed E-state index contributed by atoms with van der Waals surface area (Å²) in [7, 11) is 0. The van der Waals surface area contributed by atoms with E-state index in [0.717, 1.165) is 6.54 Å². The van der Waals surface area contributed by atoms with Gasteiger partial charge in [0.15, 0.2) is 0 Å². The van der Waals surface area contributed by atoms with Crippen LogP contribution in [0.2, 0.25) is 0 Å². The molecule has 0 aromatic heterocycles. The van der Waals surface area contributed by atoms with Gasteiger partial charge in [0.1, 0.15) is 0 Å². The normalized spacial score (nSPS) is 9.91. The largest absolute Gasteiger partial charge is 0.301 e. The van der Waals surface area contributed by atoms with Gasteiger partial charge < -0.3 is 4.99 Å². The Hall–Kier alpha value is -0.330. The molecule has 0 rings (SSSR count). The van der Waals surface area contributed by atoms with E-state index >= 15 is 0 Å². The highest BCUT2D eigenvalue weighted by molar-refractivity contribution is 5.22. The van der Waals surface area contributed by atoms with Crippen LogP contribution in [-0.4, -0.2) is 13.3 Å². The van der Waals surface area contributed by atoms with Gasteiger partial charge in [-0.15, -0.1) is 0 Å². The van der Waals surface area contributed by atoms with E-state index in [1.54, 1.807) is 0 Å². The predicted molar refractivity (Wildman–Crippen MR) is 52.4 cm³/mol. The lowest BCUT2D eigenvalue weighted by Crippen LogP contribution is -1.82. The van der Waals surface area contributed by atoms with Crippen LogP contribution in [0.4, 0.5) is 0 Å². The fourth-order valence-corrected chi connectivity index (χ4v) is 1.18. The quantitative estimate of drug-likeness (QED) is 0.376. The van der Waals surface area contributed by atoms with Crippen LogP contribution in [0.3, 0.4) is 0 Å². The second kappa shape index (κ2) is 9.67. The maximum absolute atomic E-state index is 3.82. The first-order valence-corrected chi connectivity index (χ1v) is 4.84. The molecule has 0 bridgehead atoms. The van der Waals surface area contributed by atoms with Crippen LogP contribution >= 0.6 is 0 Å². The summed E-state index contributed by atoms with van der Waals surface area (Å²) >= 11 is 0. The van der Waals surface area contributed by atoms with E-state index in [4.69, 9.17) is 0 Å². The highest BCUT2D eigenvalue weighted by Crippen LogP contribution is 2.06. The molecule has 0 aliphatic rings. The molecule has 0 aliphatic carbocycles. The summed E-state index contributed by atoms with van der Waals surface area (Å²) in [6, 6.07) is 0. The molecule has 0 saturated carbocycles. The third-order valence-electron chi connectivity index (χ3n) is 1.92. The molecule has 0 saturated heterocycles. The lowest BCUT2D eigenvalue weighted by molar-refractivity contribution is 0.593. The van der Waals surface area contributed by atoms with E-state index in [9.17, 15) is 0 Å². The van der Waals surface area contributed by atoms with Crippen LogP contribution in [-0.2, 0) is 0 Å². The van der Waals surface area contributed by atoms with E-state index < -0.39 is 0 Å². The van der Waals surface area contributed by atoms with E-state index in [0.29, 0.717) is 0 Å². The molecule has 1 heteroatoms. The van der Waals surface area contributed by atoms with Gasteiger partial charge in [-0.25, -0.2) is 0 Å². The molecule has 0 heterocycles. The van der Waals surface area contributed by atoms with Gasteiger partial charge in [0.25, 0.3) is 0 Å². The Morgan fingerprint density at radius 3 is 2.00 bits per heavy atom. The Morgan fingerprint density at radius 2 is 1.45 bits per heavy atom. The second-order valence-electron chi connectivity index (χ2n) is 3.07. The molecular weight excluding hydrogens is 134 g/mol. The van der Waals surface area contributed by atoms with Gasteiger partial charge in [0.05, 0.1) is 0 Å². The van der Waals surface area contributed by atoms with Crippen molar-refractivity contribution in [1.82, 2.24) is 0 Å². The summed E-state index contributed by atoms with van der Waals surface area (Å²) in [6.07, 6.45) is 9.52. The lowest BCUT2D eigenvalue weighted by Gasteiger charge is -1.97. The third-order valence-corrected chi connectivity index (χ3v) is 1.92. The summed E-state index contributed by atoms with van der Waals surface area (Å²) in [5.74, 6) is 0. The zero-order valence-electron chi connectivity index (χ0n) is 7.81. The molecule has 0 atom stereocenters. The highest BCUT2D eigenvalue weighted by atomic mass is 14.7. The number of unbranched alkanes of at least 4 members (excludes halogenated alkanes) is 6. The van der Waals surface area contributed by atoms with Gasteiger partial charge in [-0.3, -0.25) is 0 Å². The maximum Gasteiger partial charge on any atom is 0.0382 e. The number of nitrogens with zero attached hydrogens (tertiary/aromatic N) is 1. The minimum atomic E-state index is 0.952. The van der Waals surface area contributed by atoms with Crippen molar-refractivity contribution in [1.29, 1.82) is 0 Å². The van der Waals surface area contributed by atoms with Gasteiger partial charge in [-0.1, -0.05) is 45.4 Å². The first-order chi connectivity index (χ1) is 5.41. The van der Waals surface area contributed by atoms with Gasteiger partial charge in [0, 0.05) is 6.54 Å². The number of aliphatic imine (C=N–C) groups is 1. The Labute approximate surface area is 70.9 Å². The van der Waals surface area contributed by atoms with Crippen molar-refractivity contribution >= 4 is 6.72 Å². The van der Waals surface area contributed by atoms with Crippen LogP contribution < -0.4 is 0 Å². The monoisotopic (exact) mass is 155 g/mol. The fourth-order valence-electron chi connectivity index (χ4n) is 1.18. The predicted octanol–water partition coefficient (Wildman–Crippen LogP) is 3.44. The zero-order valence-corrected chi connectivity index (χ0v) is 7.81. The minimum Gasteiger partial charge on any atom is -0.301 e. The molecule has 0 aliphatic heterocycles. The molecule has 0 radical (unpaired) electrons. The van der Waals surface area contributed by atoms with Crippen molar-refractivity contribution in [3.8, 4) is 0 Å². The van der Waals surface area contributed by atoms with Crippen molar-refractivity contribution in [3.05, 3.63) is 0 Å². The molecule has 0 aromatic rings. The second-order valence-corrected chi connectivity index (χ2v) is 3.07. The van der Waals surface area contributed by atoms with Crippen molar-refractivity contribution in [3.63, 3.8) is 0 Å². The summed E-state index contributed by atoms with van der Waals surface area (Å²) in [5.41, 5.74) is 0. The zero-order chi connectivity index (χ0) is 8.36. The number of hydrogen-bond donors (Lipinski definition) is 0. The van der Waals surface area contributed by atoms with E-state index in [1.165, 1.54) is 44.9 Å². The van der Waals surface area contributed by atoms with Crippen LogP contribution in [0.15, 0.2) is 4.99 Å². The molecule has 0 fully saturated rings. The molecule has 0 N–H and O–H groups in total. The van der Waals surface area contributed by atoms with Crippen molar-refractivity contribution in [2.45, 2.75) is 51.9 Å². The van der Waals surface area contributed by atoms with Gasteiger partial charge >= 0.3 is 0 Å². The summed E-state index contributed by atoms with van der Waals surface area (Å²) < 4.78 is 0. The number of hydrogen-bond acceptors (Lipinski definition) is 1. The summed E-state index contributed by atoms with van der Waals surface area (Å²) in [6.45, 7) is 6.66. The Morgan fingerprint density at radius 1 is 0.909 bits per heavy atom. The van der Waals surface area contributed by atoms with Gasteiger partial charge in [0.2, 0.25) is 0 Å². The lowest BCUT2D eigenvalue weighted by atomic mass is 10.1. The van der Waals surface area contributed by atoms with Crippen LogP contribution in [0.25, 0.3) is 0 Å². The molecule has 0 amide bonds. The number of rotatable bonds is 8. The van der Waals surface area contributed by atoms with Gasteiger partial charge in [-0.05, 0) is 13.1 Å². The van der Waals surface area contributed by atoms with E-state index in [1.807, 2.05) is 0 Å². The first kappa shape index (κ1) is 10.7. The fraction of sp³-hybridized carbons (Fsp3) is 0.900. The Bertz CT molecular complexity index is 78.9. The molecule has 0 unspecified atom stereocenters. The molecule has 0 spiro atoms. The molecule has 11 heavy (non-hydrogen) atoms. The molecule has 1 nitrogen and oxygen atoms in total. The first-order valence-electron chi connectivity index (χ1n) is 4.84. The minimum absolute atomic E-state index is 0.952. The average molecular weight is 155 g/mol. The summed E-state index contributed by atoms with van der Waals surface area (Å²) in [5, 5.41) is 0. The van der Waals surface area contributed by atoms with Gasteiger partial charge in [-0.2, -0.15) is 0 Å². The molecular formula is C10H21N. The van der Waals surface area contributed by atoms with Crippen molar-refractivity contribution in [2.24, 2.45) is 4.99 Å². The Kier molecular flexibility index (Phi) is 9.38. The SMILES string of the molecule is C=NCCCCCCCCC. The summed E-state index contributed by atoms with van der Waals surface area (Å²) in [4.78, 5) is 3.82. The molecule has 66 valence electrons.